The number of rotatable bonds is 6. The van der Waals surface area contributed by atoms with Gasteiger partial charge in [0, 0.05) is 42.4 Å². The number of methoxy groups -OCH3 is 1. The highest BCUT2D eigenvalue weighted by Gasteiger charge is 2.28. The molecule has 0 bridgehead atoms. The van der Waals surface area contributed by atoms with E-state index in [4.69, 9.17) is 4.74 Å². The second-order valence-corrected chi connectivity index (χ2v) is 8.41. The number of ether oxygens (including phenoxy) is 1. The molecule has 172 valence electrons. The number of hydrogen-bond donors (Lipinski definition) is 1. The van der Waals surface area contributed by atoms with Gasteiger partial charge in [-0.25, -0.2) is 9.48 Å². The number of amides is 2. The number of carbonyl (C=O) groups excluding carboxylic acids is 2. The van der Waals surface area contributed by atoms with Crippen molar-refractivity contribution in [2.24, 2.45) is 5.92 Å². The first kappa shape index (κ1) is 22.6. The Morgan fingerprint density at radius 3 is 2.33 bits per heavy atom. The molecule has 1 fully saturated rings. The van der Waals surface area contributed by atoms with Gasteiger partial charge in [-0.1, -0.05) is 18.2 Å². The molecule has 1 aliphatic rings. The lowest BCUT2D eigenvalue weighted by molar-refractivity contribution is 0.0854. The maximum atomic E-state index is 12.8. The lowest BCUT2D eigenvalue weighted by Gasteiger charge is -2.31. The van der Waals surface area contributed by atoms with Gasteiger partial charge < -0.3 is 15.0 Å². The third kappa shape index (κ3) is 4.92. The Bertz CT molecular complexity index is 1110. The summed E-state index contributed by atoms with van der Waals surface area (Å²) in [6.45, 7) is 5.54. The van der Waals surface area contributed by atoms with Gasteiger partial charge in [0.05, 0.1) is 18.5 Å². The summed E-state index contributed by atoms with van der Waals surface area (Å²) in [5.74, 6) is 0.811. The molecular formula is C26H30N4O3. The van der Waals surface area contributed by atoms with Crippen molar-refractivity contribution in [1.82, 2.24) is 20.0 Å². The van der Waals surface area contributed by atoms with E-state index in [1.807, 2.05) is 48.9 Å². The average Bonchev–Trinajstić information content (AvgIpc) is 3.15. The largest absolute Gasteiger partial charge is 0.497 e. The number of para-hydroxylation sites is 1. The lowest BCUT2D eigenvalue weighted by Crippen LogP contribution is -2.45. The molecule has 1 aromatic heterocycles. The van der Waals surface area contributed by atoms with E-state index in [1.54, 1.807) is 36.3 Å². The number of carbonyl (C=O) groups is 2. The highest BCUT2D eigenvalue weighted by Crippen LogP contribution is 2.23. The van der Waals surface area contributed by atoms with Gasteiger partial charge in [-0.15, -0.1) is 0 Å². The van der Waals surface area contributed by atoms with Gasteiger partial charge in [0.25, 0.3) is 0 Å². The van der Waals surface area contributed by atoms with Gasteiger partial charge in [-0.2, -0.15) is 5.10 Å². The summed E-state index contributed by atoms with van der Waals surface area (Å²) in [4.78, 5) is 27.4. The second-order valence-electron chi connectivity index (χ2n) is 8.41. The van der Waals surface area contributed by atoms with Crippen LogP contribution < -0.4 is 10.1 Å². The molecule has 0 saturated carbocycles. The molecule has 2 aromatic carbocycles. The molecule has 0 aliphatic carbocycles. The van der Waals surface area contributed by atoms with Gasteiger partial charge in [0.2, 0.25) is 0 Å². The Morgan fingerprint density at radius 1 is 1.03 bits per heavy atom. The lowest BCUT2D eigenvalue weighted by atomic mass is 9.89. The molecule has 3 aromatic rings. The number of nitrogens with one attached hydrogen (secondary N) is 1. The number of hydrogen-bond acceptors (Lipinski definition) is 4. The van der Waals surface area contributed by atoms with Crippen LogP contribution >= 0.6 is 0 Å². The van der Waals surface area contributed by atoms with Crippen LogP contribution in [-0.2, 0) is 6.54 Å². The maximum absolute atomic E-state index is 12.8. The van der Waals surface area contributed by atoms with Crippen molar-refractivity contribution in [1.29, 1.82) is 0 Å². The predicted octanol–water partition coefficient (Wildman–Crippen LogP) is 4.30. The Balaban J connectivity index is 1.32. The highest BCUT2D eigenvalue weighted by atomic mass is 16.5. The van der Waals surface area contributed by atoms with Gasteiger partial charge >= 0.3 is 6.03 Å². The summed E-state index contributed by atoms with van der Waals surface area (Å²) in [6, 6.07) is 17.1. The van der Waals surface area contributed by atoms with Crippen molar-refractivity contribution in [2.45, 2.75) is 33.2 Å². The van der Waals surface area contributed by atoms with E-state index < -0.39 is 0 Å². The van der Waals surface area contributed by atoms with Crippen LogP contribution in [0.3, 0.4) is 0 Å². The Morgan fingerprint density at radius 2 is 1.70 bits per heavy atom. The molecule has 1 saturated heterocycles. The molecule has 33 heavy (non-hydrogen) atoms. The summed E-state index contributed by atoms with van der Waals surface area (Å²) in [6.07, 6.45) is 1.34. The zero-order valence-electron chi connectivity index (χ0n) is 19.4. The topological polar surface area (TPSA) is 76.5 Å². The number of Topliss-reactive ketones (excluding diaryl/α,β-unsaturated/α-hetero) is 1. The summed E-state index contributed by atoms with van der Waals surface area (Å²) in [5.41, 5.74) is 4.64. The SMILES string of the molecule is COc1ccc(C(=O)C2CCN(C(=O)NCc3c(C)nn(-c4ccccc4)c3C)CC2)cc1. The minimum atomic E-state index is -0.100. The fourth-order valence-electron chi connectivity index (χ4n) is 4.36. The number of urea groups is 1. The fourth-order valence-corrected chi connectivity index (χ4v) is 4.36. The number of aryl methyl sites for hydroxylation is 1. The number of nitrogens with zero attached hydrogens (tertiary/aromatic N) is 3. The van der Waals surface area contributed by atoms with Crippen LogP contribution in [0.1, 0.15) is 40.2 Å². The number of likely N-dealkylation sites (tertiary alicyclic amines) is 1. The summed E-state index contributed by atoms with van der Waals surface area (Å²) < 4.78 is 7.07. The summed E-state index contributed by atoms with van der Waals surface area (Å²) >= 11 is 0. The van der Waals surface area contributed by atoms with Crippen molar-refractivity contribution in [2.75, 3.05) is 20.2 Å². The Kier molecular flexibility index (Phi) is 6.77. The predicted molar refractivity (Wildman–Crippen MR) is 127 cm³/mol. The number of ketones is 1. The molecule has 0 radical (unpaired) electrons. The first-order valence-corrected chi connectivity index (χ1v) is 11.3. The van der Waals surface area contributed by atoms with Crippen molar-refractivity contribution in [3.63, 3.8) is 0 Å². The zero-order valence-corrected chi connectivity index (χ0v) is 19.4. The van der Waals surface area contributed by atoms with E-state index in [1.165, 1.54) is 0 Å². The maximum Gasteiger partial charge on any atom is 0.317 e. The second kappa shape index (κ2) is 9.90. The average molecular weight is 447 g/mol. The van der Waals surface area contributed by atoms with Crippen molar-refractivity contribution in [3.05, 3.63) is 77.1 Å². The number of piperidine rings is 1. The quantitative estimate of drug-likeness (QED) is 0.573. The molecule has 0 unspecified atom stereocenters. The third-order valence-electron chi connectivity index (χ3n) is 6.39. The van der Waals surface area contributed by atoms with Crippen LogP contribution in [0, 0.1) is 19.8 Å². The molecule has 2 heterocycles. The third-order valence-corrected chi connectivity index (χ3v) is 6.39. The van der Waals surface area contributed by atoms with Crippen LogP contribution in [-0.4, -0.2) is 46.7 Å². The van der Waals surface area contributed by atoms with E-state index in [0.717, 1.165) is 28.4 Å². The molecule has 0 spiro atoms. The standard InChI is InChI=1S/C26H30N4O3/c1-18-24(19(2)30(28-18)22-7-5-4-6-8-22)17-27-26(32)29-15-13-21(14-16-29)25(31)20-9-11-23(33-3)12-10-20/h4-12,21H,13-17H2,1-3H3,(H,27,32). The van der Waals surface area contributed by atoms with Crippen LogP contribution in [0.5, 0.6) is 5.75 Å². The van der Waals surface area contributed by atoms with Crippen LogP contribution in [0.4, 0.5) is 4.79 Å². The van der Waals surface area contributed by atoms with E-state index in [0.29, 0.717) is 38.0 Å². The minimum absolute atomic E-state index is 0.0592. The van der Waals surface area contributed by atoms with Gasteiger partial charge in [0.15, 0.2) is 5.78 Å². The van der Waals surface area contributed by atoms with E-state index in [2.05, 4.69) is 10.4 Å². The van der Waals surface area contributed by atoms with Crippen molar-refractivity contribution < 1.29 is 14.3 Å². The number of benzene rings is 2. The van der Waals surface area contributed by atoms with Crippen LogP contribution in [0.15, 0.2) is 54.6 Å². The van der Waals surface area contributed by atoms with Gasteiger partial charge in [-0.3, -0.25) is 4.79 Å². The van der Waals surface area contributed by atoms with Crippen LogP contribution in [0.25, 0.3) is 5.69 Å². The molecule has 2 amide bonds. The van der Waals surface area contributed by atoms with Crippen LogP contribution in [0.2, 0.25) is 0 Å². The normalized spacial score (nSPS) is 14.2. The van der Waals surface area contributed by atoms with E-state index >= 15 is 0 Å². The van der Waals surface area contributed by atoms with E-state index in [9.17, 15) is 9.59 Å². The zero-order chi connectivity index (χ0) is 23.4. The molecule has 1 aliphatic heterocycles. The van der Waals surface area contributed by atoms with Crippen molar-refractivity contribution in [3.8, 4) is 11.4 Å². The van der Waals surface area contributed by atoms with Gasteiger partial charge in [-0.05, 0) is 63.1 Å². The molecule has 7 heteroatoms. The highest BCUT2D eigenvalue weighted by molar-refractivity contribution is 5.98. The molecular weight excluding hydrogens is 416 g/mol. The van der Waals surface area contributed by atoms with Gasteiger partial charge in [0.1, 0.15) is 5.75 Å². The first-order chi connectivity index (χ1) is 16.0. The molecule has 7 nitrogen and oxygen atoms in total. The fraction of sp³-hybridized carbons (Fsp3) is 0.346. The molecule has 0 atom stereocenters. The minimum Gasteiger partial charge on any atom is -0.497 e. The molecule has 4 rings (SSSR count). The Hall–Kier alpha value is -3.61. The smallest absolute Gasteiger partial charge is 0.317 e. The summed E-state index contributed by atoms with van der Waals surface area (Å²) in [5, 5.41) is 7.68. The Labute approximate surface area is 194 Å². The first-order valence-electron chi connectivity index (χ1n) is 11.3. The number of aromatic nitrogens is 2. The summed E-state index contributed by atoms with van der Waals surface area (Å²) in [7, 11) is 1.61. The monoisotopic (exact) mass is 446 g/mol. The van der Waals surface area contributed by atoms with Crippen molar-refractivity contribution >= 4 is 11.8 Å². The molecule has 1 N–H and O–H groups in total. The van der Waals surface area contributed by atoms with E-state index in [-0.39, 0.29) is 17.7 Å².